The summed E-state index contributed by atoms with van der Waals surface area (Å²) in [6.07, 6.45) is 4.24. The van der Waals surface area contributed by atoms with Crippen molar-refractivity contribution in [3.63, 3.8) is 0 Å². The molecule has 1 amide bonds. The van der Waals surface area contributed by atoms with Crippen molar-refractivity contribution < 1.29 is 9.21 Å². The number of carbonyl (C=O) groups is 1. The predicted molar refractivity (Wildman–Crippen MR) is 97.3 cm³/mol. The van der Waals surface area contributed by atoms with Crippen molar-refractivity contribution in [1.29, 1.82) is 0 Å². The maximum Gasteiger partial charge on any atom is 0.277 e. The van der Waals surface area contributed by atoms with Gasteiger partial charge in [0.05, 0.1) is 5.25 Å². The molecule has 6 nitrogen and oxygen atoms in total. The quantitative estimate of drug-likeness (QED) is 0.678. The minimum absolute atomic E-state index is 0.109. The molecule has 0 radical (unpaired) electrons. The third-order valence-corrected chi connectivity index (χ3v) is 4.52. The second kappa shape index (κ2) is 7.94. The lowest BCUT2D eigenvalue weighted by Gasteiger charge is -2.10. The molecule has 3 aromatic rings. The molecule has 0 saturated heterocycles. The molecule has 2 aromatic heterocycles. The summed E-state index contributed by atoms with van der Waals surface area (Å²) in [4.78, 5) is 16.3. The van der Waals surface area contributed by atoms with Crippen LogP contribution >= 0.6 is 11.8 Å². The summed E-state index contributed by atoms with van der Waals surface area (Å²) in [5, 5.41) is 10.9. The first kappa shape index (κ1) is 17.2. The van der Waals surface area contributed by atoms with E-state index in [1.807, 2.05) is 24.3 Å². The van der Waals surface area contributed by atoms with E-state index in [-0.39, 0.29) is 11.2 Å². The number of nitrogens with one attached hydrogen (secondary N) is 1. The topological polar surface area (TPSA) is 80.9 Å². The minimum atomic E-state index is -0.365. The maximum atomic E-state index is 12.4. The SMILES string of the molecule is CCc1cccc(NC(=O)[C@H](C)Sc2nnc(-c3ccncc3)o2)c1. The van der Waals surface area contributed by atoms with Crippen molar-refractivity contribution in [2.24, 2.45) is 0 Å². The first-order valence-electron chi connectivity index (χ1n) is 7.96. The zero-order chi connectivity index (χ0) is 17.6. The summed E-state index contributed by atoms with van der Waals surface area (Å²) in [5.41, 5.74) is 2.76. The fraction of sp³-hybridized carbons (Fsp3) is 0.222. The number of anilines is 1. The molecule has 0 bridgehead atoms. The van der Waals surface area contributed by atoms with Gasteiger partial charge in [0.25, 0.3) is 5.22 Å². The third-order valence-electron chi connectivity index (χ3n) is 3.58. The average Bonchev–Trinajstić information content (AvgIpc) is 3.11. The number of carbonyl (C=O) groups excluding carboxylic acids is 1. The third kappa shape index (κ3) is 4.45. The van der Waals surface area contributed by atoms with Gasteiger partial charge in [-0.05, 0) is 43.2 Å². The maximum absolute atomic E-state index is 12.4. The van der Waals surface area contributed by atoms with Gasteiger partial charge >= 0.3 is 0 Å². The lowest BCUT2D eigenvalue weighted by atomic mass is 10.1. The number of amides is 1. The Bertz CT molecular complexity index is 851. The van der Waals surface area contributed by atoms with Crippen LogP contribution in [0, 0.1) is 0 Å². The number of thioether (sulfide) groups is 1. The minimum Gasteiger partial charge on any atom is -0.411 e. The highest BCUT2D eigenvalue weighted by molar-refractivity contribution is 8.00. The lowest BCUT2D eigenvalue weighted by molar-refractivity contribution is -0.115. The molecule has 7 heteroatoms. The van der Waals surface area contributed by atoms with Crippen molar-refractivity contribution in [2.75, 3.05) is 5.32 Å². The summed E-state index contributed by atoms with van der Waals surface area (Å²) >= 11 is 1.23. The molecule has 0 aliphatic rings. The van der Waals surface area contributed by atoms with Gasteiger partial charge in [0.1, 0.15) is 0 Å². The molecule has 0 aliphatic heterocycles. The van der Waals surface area contributed by atoms with E-state index in [1.54, 1.807) is 31.5 Å². The Hall–Kier alpha value is -2.67. The second-order valence-corrected chi connectivity index (χ2v) is 6.70. The number of aromatic nitrogens is 3. The summed E-state index contributed by atoms with van der Waals surface area (Å²) in [7, 11) is 0. The van der Waals surface area contributed by atoms with Crippen LogP contribution in [0.5, 0.6) is 0 Å². The summed E-state index contributed by atoms with van der Waals surface area (Å²) in [6, 6.07) is 11.4. The van der Waals surface area contributed by atoms with E-state index in [2.05, 4.69) is 27.4 Å². The molecule has 0 spiro atoms. The molecule has 2 heterocycles. The molecule has 1 aromatic carbocycles. The highest BCUT2D eigenvalue weighted by atomic mass is 32.2. The zero-order valence-electron chi connectivity index (χ0n) is 14.0. The van der Waals surface area contributed by atoms with Crippen molar-refractivity contribution in [1.82, 2.24) is 15.2 Å². The number of aryl methyl sites for hydroxylation is 1. The van der Waals surface area contributed by atoms with Crippen LogP contribution in [0.1, 0.15) is 19.4 Å². The molecule has 128 valence electrons. The number of hydrogen-bond donors (Lipinski definition) is 1. The normalized spacial score (nSPS) is 11.9. The van der Waals surface area contributed by atoms with Gasteiger partial charge in [0.15, 0.2) is 0 Å². The number of rotatable bonds is 6. The number of nitrogens with zero attached hydrogens (tertiary/aromatic N) is 3. The number of benzene rings is 1. The predicted octanol–water partition coefficient (Wildman–Crippen LogP) is 3.81. The van der Waals surface area contributed by atoms with E-state index in [0.29, 0.717) is 11.1 Å². The zero-order valence-corrected chi connectivity index (χ0v) is 14.8. The number of pyridine rings is 1. The highest BCUT2D eigenvalue weighted by Crippen LogP contribution is 2.26. The van der Waals surface area contributed by atoms with Gasteiger partial charge in [-0.25, -0.2) is 0 Å². The van der Waals surface area contributed by atoms with Crippen LogP contribution in [0.4, 0.5) is 5.69 Å². The second-order valence-electron chi connectivity index (χ2n) is 5.41. The Morgan fingerprint density at radius 2 is 2.04 bits per heavy atom. The Morgan fingerprint density at radius 3 is 2.80 bits per heavy atom. The summed E-state index contributed by atoms with van der Waals surface area (Å²) < 4.78 is 5.61. The van der Waals surface area contributed by atoms with Crippen molar-refractivity contribution in [2.45, 2.75) is 30.7 Å². The molecule has 3 rings (SSSR count). The lowest BCUT2D eigenvalue weighted by Crippen LogP contribution is -2.22. The van der Waals surface area contributed by atoms with Gasteiger partial charge < -0.3 is 9.73 Å². The van der Waals surface area contributed by atoms with E-state index < -0.39 is 0 Å². The number of hydrogen-bond acceptors (Lipinski definition) is 6. The Labute approximate surface area is 150 Å². The summed E-state index contributed by atoms with van der Waals surface area (Å²) in [5.74, 6) is 0.301. The Morgan fingerprint density at radius 1 is 1.24 bits per heavy atom. The monoisotopic (exact) mass is 354 g/mol. The first-order chi connectivity index (χ1) is 12.2. The van der Waals surface area contributed by atoms with Gasteiger partial charge in [-0.3, -0.25) is 9.78 Å². The van der Waals surface area contributed by atoms with Gasteiger partial charge in [0, 0.05) is 23.6 Å². The fourth-order valence-electron chi connectivity index (χ4n) is 2.19. The molecule has 1 N–H and O–H groups in total. The van der Waals surface area contributed by atoms with Gasteiger partial charge in [-0.15, -0.1) is 10.2 Å². The average molecular weight is 354 g/mol. The van der Waals surface area contributed by atoms with Crippen LogP contribution in [-0.2, 0) is 11.2 Å². The first-order valence-corrected chi connectivity index (χ1v) is 8.84. The molecule has 25 heavy (non-hydrogen) atoms. The van der Waals surface area contributed by atoms with Crippen LogP contribution in [0.3, 0.4) is 0 Å². The Balaban J connectivity index is 1.62. The molecule has 1 atom stereocenters. The molecular formula is C18H18N4O2S. The molecular weight excluding hydrogens is 336 g/mol. The van der Waals surface area contributed by atoms with E-state index >= 15 is 0 Å². The van der Waals surface area contributed by atoms with Crippen LogP contribution in [-0.4, -0.2) is 26.3 Å². The van der Waals surface area contributed by atoms with Crippen molar-refractivity contribution in [3.05, 3.63) is 54.4 Å². The van der Waals surface area contributed by atoms with Crippen LogP contribution in [0.2, 0.25) is 0 Å². The van der Waals surface area contributed by atoms with Gasteiger partial charge in [0.2, 0.25) is 11.8 Å². The van der Waals surface area contributed by atoms with Crippen LogP contribution in [0.25, 0.3) is 11.5 Å². The highest BCUT2D eigenvalue weighted by Gasteiger charge is 2.19. The molecule has 0 unspecified atom stereocenters. The van der Waals surface area contributed by atoms with Crippen molar-refractivity contribution in [3.8, 4) is 11.5 Å². The van der Waals surface area contributed by atoms with Gasteiger partial charge in [-0.2, -0.15) is 0 Å². The largest absolute Gasteiger partial charge is 0.411 e. The van der Waals surface area contributed by atoms with Crippen molar-refractivity contribution >= 4 is 23.4 Å². The van der Waals surface area contributed by atoms with E-state index in [9.17, 15) is 4.79 Å². The van der Waals surface area contributed by atoms with E-state index in [0.717, 1.165) is 17.7 Å². The summed E-state index contributed by atoms with van der Waals surface area (Å²) in [6.45, 7) is 3.88. The molecule has 0 aliphatic carbocycles. The fourth-order valence-corrected chi connectivity index (χ4v) is 2.87. The Kier molecular flexibility index (Phi) is 5.45. The van der Waals surface area contributed by atoms with E-state index in [1.165, 1.54) is 17.3 Å². The molecule has 0 saturated carbocycles. The molecule has 0 fully saturated rings. The standard InChI is InChI=1S/C18H18N4O2S/c1-3-13-5-4-6-15(11-13)20-16(23)12(2)25-18-22-21-17(24-18)14-7-9-19-10-8-14/h4-12H,3H2,1-2H3,(H,20,23)/t12-/m0/s1. The van der Waals surface area contributed by atoms with Gasteiger partial charge in [-0.1, -0.05) is 30.8 Å². The van der Waals surface area contributed by atoms with E-state index in [4.69, 9.17) is 4.42 Å². The van der Waals surface area contributed by atoms with Crippen LogP contribution in [0.15, 0.2) is 58.4 Å². The smallest absolute Gasteiger partial charge is 0.277 e. The van der Waals surface area contributed by atoms with Crippen LogP contribution < -0.4 is 5.32 Å².